The number of rotatable bonds is 5. The fourth-order valence-electron chi connectivity index (χ4n) is 3.49. The van der Waals surface area contributed by atoms with Gasteiger partial charge in [-0.1, -0.05) is 64.8 Å². The second-order valence-electron chi connectivity index (χ2n) is 7.61. The lowest BCUT2D eigenvalue weighted by Gasteiger charge is -2.30. The third kappa shape index (κ3) is 3.85. The van der Waals surface area contributed by atoms with E-state index in [0.29, 0.717) is 5.41 Å². The topological polar surface area (TPSA) is 12.0 Å². The standard InChI is InChI=1S/C19H31N/c1-5-20-15-19(12-6-7-13-19)14-16-8-10-17(11-9-16)18(2,3)4/h8-11,20H,5-7,12-15H2,1-4H3. The molecule has 0 amide bonds. The molecule has 112 valence electrons. The van der Waals surface area contributed by atoms with Crippen molar-refractivity contribution in [3.05, 3.63) is 35.4 Å². The van der Waals surface area contributed by atoms with Crippen LogP contribution >= 0.6 is 0 Å². The number of hydrogen-bond donors (Lipinski definition) is 1. The molecule has 0 aliphatic heterocycles. The van der Waals surface area contributed by atoms with Crippen LogP contribution in [0.3, 0.4) is 0 Å². The van der Waals surface area contributed by atoms with Gasteiger partial charge in [-0.25, -0.2) is 0 Å². The molecule has 1 aromatic rings. The van der Waals surface area contributed by atoms with E-state index in [1.165, 1.54) is 49.8 Å². The Morgan fingerprint density at radius 2 is 1.65 bits per heavy atom. The van der Waals surface area contributed by atoms with Crippen LogP contribution in [-0.4, -0.2) is 13.1 Å². The average Bonchev–Trinajstić information content (AvgIpc) is 2.85. The second-order valence-corrected chi connectivity index (χ2v) is 7.61. The van der Waals surface area contributed by atoms with Gasteiger partial charge in [-0.05, 0) is 47.8 Å². The minimum atomic E-state index is 0.257. The summed E-state index contributed by atoms with van der Waals surface area (Å²) in [6.07, 6.45) is 6.84. The quantitative estimate of drug-likeness (QED) is 0.820. The first kappa shape index (κ1) is 15.6. The Morgan fingerprint density at radius 3 is 2.15 bits per heavy atom. The zero-order valence-electron chi connectivity index (χ0n) is 13.8. The van der Waals surface area contributed by atoms with Gasteiger partial charge in [0.1, 0.15) is 0 Å². The third-order valence-electron chi connectivity index (χ3n) is 4.81. The van der Waals surface area contributed by atoms with Crippen LogP contribution in [0, 0.1) is 5.41 Å². The predicted octanol–water partition coefficient (Wildman–Crippen LogP) is 4.70. The molecule has 1 nitrogen and oxygen atoms in total. The van der Waals surface area contributed by atoms with Crippen molar-refractivity contribution in [3.8, 4) is 0 Å². The summed E-state index contributed by atoms with van der Waals surface area (Å²) in [7, 11) is 0. The molecule has 1 saturated carbocycles. The predicted molar refractivity (Wildman–Crippen MR) is 88.3 cm³/mol. The lowest BCUT2D eigenvalue weighted by Crippen LogP contribution is -2.33. The molecule has 0 bridgehead atoms. The molecule has 0 atom stereocenters. The van der Waals surface area contributed by atoms with Crippen molar-refractivity contribution in [1.29, 1.82) is 0 Å². The first-order valence-electron chi connectivity index (χ1n) is 8.25. The molecule has 1 aliphatic rings. The van der Waals surface area contributed by atoms with Crippen LogP contribution in [0.2, 0.25) is 0 Å². The van der Waals surface area contributed by atoms with Crippen molar-refractivity contribution in [2.75, 3.05) is 13.1 Å². The van der Waals surface area contributed by atoms with Gasteiger partial charge in [0.2, 0.25) is 0 Å². The minimum absolute atomic E-state index is 0.257. The van der Waals surface area contributed by atoms with E-state index < -0.39 is 0 Å². The van der Waals surface area contributed by atoms with Gasteiger partial charge in [0.25, 0.3) is 0 Å². The first-order valence-corrected chi connectivity index (χ1v) is 8.25. The van der Waals surface area contributed by atoms with Crippen molar-refractivity contribution in [2.45, 2.75) is 65.2 Å². The Morgan fingerprint density at radius 1 is 1.05 bits per heavy atom. The molecule has 0 spiro atoms. The molecule has 20 heavy (non-hydrogen) atoms. The largest absolute Gasteiger partial charge is 0.316 e. The Kier molecular flexibility index (Phi) is 4.90. The number of hydrogen-bond acceptors (Lipinski definition) is 1. The molecular formula is C19H31N. The zero-order chi connectivity index (χ0) is 14.6. The van der Waals surface area contributed by atoms with Gasteiger partial charge in [-0.3, -0.25) is 0 Å². The van der Waals surface area contributed by atoms with E-state index in [2.05, 4.69) is 57.3 Å². The van der Waals surface area contributed by atoms with E-state index in [-0.39, 0.29) is 5.41 Å². The molecule has 0 aromatic heterocycles. The van der Waals surface area contributed by atoms with Gasteiger partial charge in [0.15, 0.2) is 0 Å². The van der Waals surface area contributed by atoms with Crippen molar-refractivity contribution in [2.24, 2.45) is 5.41 Å². The number of nitrogens with one attached hydrogen (secondary N) is 1. The fraction of sp³-hybridized carbons (Fsp3) is 0.684. The van der Waals surface area contributed by atoms with Crippen molar-refractivity contribution in [3.63, 3.8) is 0 Å². The van der Waals surface area contributed by atoms with Crippen LogP contribution in [0.1, 0.15) is 64.5 Å². The fourth-order valence-corrected chi connectivity index (χ4v) is 3.49. The molecule has 0 saturated heterocycles. The normalized spacial score (nSPS) is 18.4. The lowest BCUT2D eigenvalue weighted by molar-refractivity contribution is 0.280. The van der Waals surface area contributed by atoms with E-state index in [9.17, 15) is 0 Å². The maximum atomic E-state index is 3.59. The van der Waals surface area contributed by atoms with Gasteiger partial charge in [-0.15, -0.1) is 0 Å². The Labute approximate surface area is 125 Å². The summed E-state index contributed by atoms with van der Waals surface area (Å²) in [4.78, 5) is 0. The highest BCUT2D eigenvalue weighted by Crippen LogP contribution is 2.40. The van der Waals surface area contributed by atoms with Crippen LogP contribution in [0.5, 0.6) is 0 Å². The smallest absolute Gasteiger partial charge is 0.00109 e. The molecule has 1 N–H and O–H groups in total. The molecule has 1 aromatic carbocycles. The summed E-state index contributed by atoms with van der Waals surface area (Å²) in [5, 5.41) is 3.59. The Hall–Kier alpha value is -0.820. The van der Waals surface area contributed by atoms with Gasteiger partial charge in [0, 0.05) is 6.54 Å². The highest BCUT2D eigenvalue weighted by molar-refractivity contribution is 5.28. The number of benzene rings is 1. The summed E-state index contributed by atoms with van der Waals surface area (Å²) in [6.45, 7) is 11.3. The molecule has 1 fully saturated rings. The van der Waals surface area contributed by atoms with E-state index in [4.69, 9.17) is 0 Å². The molecule has 1 aliphatic carbocycles. The summed E-state index contributed by atoms with van der Waals surface area (Å²) < 4.78 is 0. The van der Waals surface area contributed by atoms with Crippen molar-refractivity contribution in [1.82, 2.24) is 5.32 Å². The lowest BCUT2D eigenvalue weighted by atomic mass is 9.79. The highest BCUT2D eigenvalue weighted by atomic mass is 14.9. The van der Waals surface area contributed by atoms with Crippen molar-refractivity contribution < 1.29 is 0 Å². The summed E-state index contributed by atoms with van der Waals surface area (Å²) in [5.74, 6) is 0. The van der Waals surface area contributed by atoms with E-state index in [0.717, 1.165) is 6.54 Å². The molecule has 2 rings (SSSR count). The first-order chi connectivity index (χ1) is 9.45. The minimum Gasteiger partial charge on any atom is -0.316 e. The van der Waals surface area contributed by atoms with E-state index >= 15 is 0 Å². The summed E-state index contributed by atoms with van der Waals surface area (Å²) in [5.41, 5.74) is 3.72. The average molecular weight is 273 g/mol. The van der Waals surface area contributed by atoms with Gasteiger partial charge in [0.05, 0.1) is 0 Å². The van der Waals surface area contributed by atoms with Crippen LogP contribution < -0.4 is 5.32 Å². The Balaban J connectivity index is 2.07. The molecular weight excluding hydrogens is 242 g/mol. The molecule has 0 heterocycles. The van der Waals surface area contributed by atoms with Gasteiger partial charge >= 0.3 is 0 Å². The Bertz CT molecular complexity index is 404. The van der Waals surface area contributed by atoms with E-state index in [1.807, 2.05) is 0 Å². The molecule has 0 unspecified atom stereocenters. The summed E-state index contributed by atoms with van der Waals surface area (Å²) in [6, 6.07) is 9.36. The maximum Gasteiger partial charge on any atom is 0.00109 e. The third-order valence-corrected chi connectivity index (χ3v) is 4.81. The molecule has 1 heteroatoms. The second kappa shape index (κ2) is 6.30. The van der Waals surface area contributed by atoms with Crippen LogP contribution in [0.25, 0.3) is 0 Å². The monoisotopic (exact) mass is 273 g/mol. The van der Waals surface area contributed by atoms with Crippen LogP contribution in [-0.2, 0) is 11.8 Å². The van der Waals surface area contributed by atoms with E-state index in [1.54, 1.807) is 0 Å². The van der Waals surface area contributed by atoms with Crippen LogP contribution in [0.15, 0.2) is 24.3 Å². The zero-order valence-corrected chi connectivity index (χ0v) is 13.8. The maximum absolute atomic E-state index is 3.59. The SMILES string of the molecule is CCNCC1(Cc2ccc(C(C)(C)C)cc2)CCCC1. The highest BCUT2D eigenvalue weighted by Gasteiger charge is 2.33. The van der Waals surface area contributed by atoms with Gasteiger partial charge in [-0.2, -0.15) is 0 Å². The summed E-state index contributed by atoms with van der Waals surface area (Å²) >= 11 is 0. The van der Waals surface area contributed by atoms with Gasteiger partial charge < -0.3 is 5.32 Å². The molecule has 0 radical (unpaired) electrons. The van der Waals surface area contributed by atoms with Crippen LogP contribution in [0.4, 0.5) is 0 Å². The van der Waals surface area contributed by atoms with Crippen molar-refractivity contribution >= 4 is 0 Å².